The fourth-order valence-corrected chi connectivity index (χ4v) is 6.04. The van der Waals surface area contributed by atoms with Gasteiger partial charge in [0.05, 0.1) is 12.1 Å². The summed E-state index contributed by atoms with van der Waals surface area (Å²) < 4.78 is 12.9. The first kappa shape index (κ1) is 26.1. The summed E-state index contributed by atoms with van der Waals surface area (Å²) in [5.74, 6) is 1.12. The summed E-state index contributed by atoms with van der Waals surface area (Å²) in [4.78, 5) is 18.3. The summed E-state index contributed by atoms with van der Waals surface area (Å²) in [6.45, 7) is 10.7. The molecule has 0 aliphatic carbocycles. The fraction of sp³-hybridized carbons (Fsp3) is 0.607. The summed E-state index contributed by atoms with van der Waals surface area (Å²) in [7, 11) is 1.99. The van der Waals surface area contributed by atoms with Gasteiger partial charge in [-0.25, -0.2) is 0 Å². The Labute approximate surface area is 214 Å². The standard InChI is InChI=1S/C28H41N3O3S/c1-21(2)31-20-28(34-22(3)27(31)32)13-17-30(18-14-28)16-12-23-8-5-6-9-24(23)33-25(11-15-29-4)26-10-7-19-35-26/h5-10,19,21-22,25,29H,11-18,20H2,1-4H3/t22-,25-/m1/s1. The number of carbonyl (C=O) groups excluding carboxylic acids is 1. The number of likely N-dealkylation sites (tertiary alicyclic amines) is 1. The van der Waals surface area contributed by atoms with Gasteiger partial charge in [-0.15, -0.1) is 11.3 Å². The number of nitrogens with one attached hydrogen (secondary N) is 1. The number of carbonyl (C=O) groups is 1. The highest BCUT2D eigenvalue weighted by Gasteiger charge is 2.45. The van der Waals surface area contributed by atoms with E-state index in [1.54, 1.807) is 11.3 Å². The van der Waals surface area contributed by atoms with Gasteiger partial charge in [0.15, 0.2) is 0 Å². The van der Waals surface area contributed by atoms with E-state index in [1.807, 2.05) is 18.9 Å². The zero-order chi connectivity index (χ0) is 24.8. The Morgan fingerprint density at radius 2 is 1.97 bits per heavy atom. The van der Waals surface area contributed by atoms with Crippen LogP contribution in [0.1, 0.15) is 56.6 Å². The molecule has 2 aromatic rings. The second-order valence-electron chi connectivity index (χ2n) is 10.2. The van der Waals surface area contributed by atoms with Crippen LogP contribution in [0.3, 0.4) is 0 Å². The van der Waals surface area contributed by atoms with Crippen LogP contribution in [0.5, 0.6) is 5.75 Å². The average molecular weight is 500 g/mol. The quantitative estimate of drug-likeness (QED) is 0.521. The van der Waals surface area contributed by atoms with Crippen molar-refractivity contribution in [3.63, 3.8) is 0 Å². The minimum atomic E-state index is -0.346. The minimum Gasteiger partial charge on any atom is -0.485 e. The lowest BCUT2D eigenvalue weighted by Gasteiger charge is -2.50. The maximum atomic E-state index is 12.5. The van der Waals surface area contributed by atoms with Crippen LogP contribution < -0.4 is 10.1 Å². The molecule has 6 nitrogen and oxygen atoms in total. The lowest BCUT2D eigenvalue weighted by atomic mass is 9.87. The minimum absolute atomic E-state index is 0.0653. The Hall–Kier alpha value is -1.93. The molecule has 2 fully saturated rings. The highest BCUT2D eigenvalue weighted by atomic mass is 32.1. The SMILES string of the molecule is CNCC[C@@H](Oc1ccccc1CCN1CCC2(CC1)CN(C(C)C)C(=O)[C@@H](C)O2)c1cccs1. The molecule has 1 N–H and O–H groups in total. The zero-order valence-electron chi connectivity index (χ0n) is 21.7. The number of morpholine rings is 1. The number of nitrogens with zero attached hydrogens (tertiary/aromatic N) is 2. The number of para-hydroxylation sites is 1. The maximum absolute atomic E-state index is 12.5. The van der Waals surface area contributed by atoms with Crippen molar-refractivity contribution in [3.05, 3.63) is 52.2 Å². The molecular formula is C28H41N3O3S. The molecule has 1 aromatic carbocycles. The summed E-state index contributed by atoms with van der Waals surface area (Å²) in [6.07, 6.45) is 3.55. The first-order chi connectivity index (χ1) is 16.9. The van der Waals surface area contributed by atoms with E-state index >= 15 is 0 Å². The predicted molar refractivity (Wildman–Crippen MR) is 142 cm³/mol. The van der Waals surface area contributed by atoms with Crippen LogP contribution in [0.15, 0.2) is 41.8 Å². The lowest BCUT2D eigenvalue weighted by molar-refractivity contribution is -0.192. The van der Waals surface area contributed by atoms with E-state index in [0.29, 0.717) is 0 Å². The normalized spacial score (nSPS) is 21.6. The molecule has 0 radical (unpaired) electrons. The molecule has 192 valence electrons. The molecule has 2 aliphatic rings. The van der Waals surface area contributed by atoms with Gasteiger partial charge in [0, 0.05) is 37.0 Å². The van der Waals surface area contributed by atoms with E-state index in [4.69, 9.17) is 9.47 Å². The Balaban J connectivity index is 1.34. The molecule has 2 aliphatic heterocycles. The van der Waals surface area contributed by atoms with E-state index in [1.165, 1.54) is 10.4 Å². The van der Waals surface area contributed by atoms with Crippen LogP contribution in [-0.4, -0.2) is 73.2 Å². The number of ether oxygens (including phenoxy) is 2. The Morgan fingerprint density at radius 1 is 1.20 bits per heavy atom. The van der Waals surface area contributed by atoms with Gasteiger partial charge < -0.3 is 24.6 Å². The molecule has 0 saturated carbocycles. The van der Waals surface area contributed by atoms with Crippen molar-refractivity contribution in [3.8, 4) is 5.75 Å². The van der Waals surface area contributed by atoms with Crippen molar-refractivity contribution in [1.29, 1.82) is 0 Å². The largest absolute Gasteiger partial charge is 0.485 e. The van der Waals surface area contributed by atoms with Gasteiger partial charge >= 0.3 is 0 Å². The summed E-state index contributed by atoms with van der Waals surface area (Å²) in [5, 5.41) is 5.37. The molecular weight excluding hydrogens is 458 g/mol. The van der Waals surface area contributed by atoms with Gasteiger partial charge in [-0.05, 0) is 76.7 Å². The summed E-state index contributed by atoms with van der Waals surface area (Å²) >= 11 is 1.76. The van der Waals surface area contributed by atoms with Crippen LogP contribution in [-0.2, 0) is 16.0 Å². The zero-order valence-corrected chi connectivity index (χ0v) is 22.5. The highest BCUT2D eigenvalue weighted by Crippen LogP contribution is 2.34. The number of hydrogen-bond donors (Lipinski definition) is 1. The first-order valence-electron chi connectivity index (χ1n) is 13.0. The Bertz CT molecular complexity index is 941. The number of amides is 1. The van der Waals surface area contributed by atoms with Crippen molar-refractivity contribution in [2.75, 3.05) is 39.8 Å². The fourth-order valence-electron chi connectivity index (χ4n) is 5.25. The molecule has 2 saturated heterocycles. The number of thiophene rings is 1. The maximum Gasteiger partial charge on any atom is 0.251 e. The monoisotopic (exact) mass is 499 g/mol. The smallest absolute Gasteiger partial charge is 0.251 e. The van der Waals surface area contributed by atoms with Crippen molar-refractivity contribution in [1.82, 2.24) is 15.1 Å². The molecule has 7 heteroatoms. The number of benzene rings is 1. The molecule has 35 heavy (non-hydrogen) atoms. The third-order valence-corrected chi connectivity index (χ3v) is 8.33. The number of rotatable bonds is 10. The van der Waals surface area contributed by atoms with Crippen molar-refractivity contribution < 1.29 is 14.3 Å². The Morgan fingerprint density at radius 3 is 2.66 bits per heavy atom. The van der Waals surface area contributed by atoms with Crippen molar-refractivity contribution >= 4 is 17.2 Å². The van der Waals surface area contributed by atoms with Crippen LogP contribution in [0.2, 0.25) is 0 Å². The topological polar surface area (TPSA) is 54.0 Å². The van der Waals surface area contributed by atoms with Gasteiger partial charge in [-0.2, -0.15) is 0 Å². The van der Waals surface area contributed by atoms with Crippen LogP contribution in [0.25, 0.3) is 0 Å². The lowest BCUT2D eigenvalue weighted by Crippen LogP contribution is -2.62. The molecule has 2 atom stereocenters. The number of hydrogen-bond acceptors (Lipinski definition) is 6. The molecule has 4 rings (SSSR count). The van der Waals surface area contributed by atoms with Gasteiger partial charge in [0.1, 0.15) is 18.0 Å². The molecule has 0 unspecified atom stereocenters. The van der Waals surface area contributed by atoms with Crippen LogP contribution in [0, 0.1) is 0 Å². The Kier molecular flexibility index (Phi) is 8.87. The molecule has 3 heterocycles. The molecule has 0 bridgehead atoms. The predicted octanol–water partition coefficient (Wildman–Crippen LogP) is 4.51. The van der Waals surface area contributed by atoms with Gasteiger partial charge in [0.2, 0.25) is 0 Å². The summed E-state index contributed by atoms with van der Waals surface area (Å²) in [5.41, 5.74) is 1.06. The van der Waals surface area contributed by atoms with Gasteiger partial charge in [0.25, 0.3) is 5.91 Å². The van der Waals surface area contributed by atoms with E-state index in [2.05, 4.69) is 65.8 Å². The third kappa shape index (κ3) is 6.45. The van der Waals surface area contributed by atoms with E-state index in [0.717, 1.165) is 64.2 Å². The van der Waals surface area contributed by atoms with E-state index < -0.39 is 0 Å². The summed E-state index contributed by atoms with van der Waals surface area (Å²) in [6, 6.07) is 13.0. The molecule has 1 spiro atoms. The van der Waals surface area contributed by atoms with Gasteiger partial charge in [-0.1, -0.05) is 24.3 Å². The van der Waals surface area contributed by atoms with E-state index in [-0.39, 0.29) is 29.8 Å². The highest BCUT2D eigenvalue weighted by molar-refractivity contribution is 7.10. The van der Waals surface area contributed by atoms with E-state index in [9.17, 15) is 4.79 Å². The van der Waals surface area contributed by atoms with Gasteiger partial charge in [-0.3, -0.25) is 4.79 Å². The van der Waals surface area contributed by atoms with Crippen molar-refractivity contribution in [2.24, 2.45) is 0 Å². The first-order valence-corrected chi connectivity index (χ1v) is 13.9. The van der Waals surface area contributed by atoms with Crippen LogP contribution in [0.4, 0.5) is 0 Å². The van der Waals surface area contributed by atoms with Crippen molar-refractivity contribution in [2.45, 2.75) is 70.3 Å². The molecule has 1 aromatic heterocycles. The third-order valence-electron chi connectivity index (χ3n) is 7.36. The second-order valence-corrected chi connectivity index (χ2v) is 11.2. The second kappa shape index (κ2) is 11.9. The molecule has 1 amide bonds. The number of piperidine rings is 1. The average Bonchev–Trinajstić information content (AvgIpc) is 3.39. The van der Waals surface area contributed by atoms with Crippen LogP contribution >= 0.6 is 11.3 Å².